The fourth-order valence-corrected chi connectivity index (χ4v) is 4.79. The standard InChI is InChI=1S/C22H20ClFN4OS/c23-17-5-3-4-15(12-25)20(17)28-18-6-1-2-7-19(18)30-22(28)27-21(29)26-13-14-8-10-16(24)11-9-14/h1-11,22H,12-13,25H2,(H2,26,27,29). The van der Waals surface area contributed by atoms with Gasteiger partial charge in [-0.1, -0.05) is 59.8 Å². The van der Waals surface area contributed by atoms with Crippen molar-refractivity contribution in [2.45, 2.75) is 23.5 Å². The number of hydrogen-bond acceptors (Lipinski definition) is 4. The maximum atomic E-state index is 13.1. The average Bonchev–Trinajstić information content (AvgIpc) is 3.10. The van der Waals surface area contributed by atoms with E-state index in [1.165, 1.54) is 23.9 Å². The summed E-state index contributed by atoms with van der Waals surface area (Å²) in [6.07, 6.45) is 0. The molecule has 0 saturated heterocycles. The lowest BCUT2D eigenvalue weighted by molar-refractivity contribution is 0.240. The van der Waals surface area contributed by atoms with Crippen molar-refractivity contribution in [2.75, 3.05) is 4.90 Å². The maximum absolute atomic E-state index is 13.1. The zero-order chi connectivity index (χ0) is 21.1. The van der Waals surface area contributed by atoms with Crippen LogP contribution in [-0.4, -0.2) is 11.5 Å². The molecule has 0 fully saturated rings. The van der Waals surface area contributed by atoms with Gasteiger partial charge in [0.05, 0.1) is 16.4 Å². The lowest BCUT2D eigenvalue weighted by Crippen LogP contribution is -2.46. The fourth-order valence-electron chi connectivity index (χ4n) is 3.33. The van der Waals surface area contributed by atoms with Gasteiger partial charge in [-0.05, 0) is 41.5 Å². The van der Waals surface area contributed by atoms with E-state index in [1.807, 2.05) is 47.4 Å². The third-order valence-corrected chi connectivity index (χ3v) is 6.21. The van der Waals surface area contributed by atoms with Crippen LogP contribution in [-0.2, 0) is 13.1 Å². The number of hydrogen-bond donors (Lipinski definition) is 3. The monoisotopic (exact) mass is 442 g/mol. The van der Waals surface area contributed by atoms with Gasteiger partial charge in [-0.15, -0.1) is 0 Å². The molecule has 5 nitrogen and oxygen atoms in total. The number of nitrogens with one attached hydrogen (secondary N) is 2. The molecule has 30 heavy (non-hydrogen) atoms. The van der Waals surface area contributed by atoms with Crippen molar-refractivity contribution < 1.29 is 9.18 Å². The number of nitrogens with zero attached hydrogens (tertiary/aromatic N) is 1. The number of rotatable bonds is 5. The van der Waals surface area contributed by atoms with E-state index in [9.17, 15) is 9.18 Å². The molecule has 154 valence electrons. The lowest BCUT2D eigenvalue weighted by atomic mass is 10.1. The van der Waals surface area contributed by atoms with Gasteiger partial charge in [0.25, 0.3) is 0 Å². The minimum absolute atomic E-state index is 0.288. The zero-order valence-corrected chi connectivity index (χ0v) is 17.5. The van der Waals surface area contributed by atoms with Crippen LogP contribution in [0.25, 0.3) is 0 Å². The molecule has 4 rings (SSSR count). The molecule has 2 amide bonds. The van der Waals surface area contributed by atoms with Crippen LogP contribution >= 0.6 is 23.4 Å². The van der Waals surface area contributed by atoms with Crippen molar-refractivity contribution in [3.8, 4) is 0 Å². The summed E-state index contributed by atoms with van der Waals surface area (Å²) in [7, 11) is 0. The molecule has 1 aliphatic rings. The second-order valence-corrected chi connectivity index (χ2v) is 8.24. The molecule has 0 spiro atoms. The van der Waals surface area contributed by atoms with Gasteiger partial charge in [-0.3, -0.25) is 0 Å². The molecule has 3 aromatic rings. The average molecular weight is 443 g/mol. The highest BCUT2D eigenvalue weighted by Gasteiger charge is 2.34. The van der Waals surface area contributed by atoms with E-state index >= 15 is 0 Å². The SMILES string of the molecule is NCc1cccc(Cl)c1N1c2ccccc2SC1NC(=O)NCc1ccc(F)cc1. The predicted octanol–water partition coefficient (Wildman–Crippen LogP) is 4.96. The summed E-state index contributed by atoms with van der Waals surface area (Å²) >= 11 is 8.07. The van der Waals surface area contributed by atoms with Gasteiger partial charge >= 0.3 is 6.03 Å². The lowest BCUT2D eigenvalue weighted by Gasteiger charge is -2.30. The summed E-state index contributed by atoms with van der Waals surface area (Å²) < 4.78 is 13.1. The van der Waals surface area contributed by atoms with Gasteiger partial charge in [0.1, 0.15) is 5.82 Å². The van der Waals surface area contributed by atoms with Gasteiger partial charge in [0.15, 0.2) is 5.50 Å². The van der Waals surface area contributed by atoms with Crippen LogP contribution in [0.4, 0.5) is 20.6 Å². The van der Waals surface area contributed by atoms with Crippen molar-refractivity contribution >= 4 is 40.8 Å². The summed E-state index contributed by atoms with van der Waals surface area (Å²) in [6.45, 7) is 0.610. The van der Waals surface area contributed by atoms with E-state index in [0.717, 1.165) is 27.4 Å². The molecule has 1 atom stereocenters. The number of para-hydroxylation sites is 2. The molecule has 0 aliphatic carbocycles. The maximum Gasteiger partial charge on any atom is 0.317 e. The molecule has 1 unspecified atom stereocenters. The minimum atomic E-state index is -0.402. The first-order chi connectivity index (χ1) is 14.6. The van der Waals surface area contributed by atoms with Crippen molar-refractivity contribution in [2.24, 2.45) is 5.73 Å². The molecule has 1 heterocycles. The fraction of sp³-hybridized carbons (Fsp3) is 0.136. The van der Waals surface area contributed by atoms with Gasteiger partial charge in [0, 0.05) is 18.0 Å². The van der Waals surface area contributed by atoms with Crippen LogP contribution in [0.3, 0.4) is 0 Å². The molecule has 0 aromatic heterocycles. The Balaban J connectivity index is 1.56. The topological polar surface area (TPSA) is 70.4 Å². The molecule has 4 N–H and O–H groups in total. The Kier molecular flexibility index (Phi) is 6.13. The molecule has 0 saturated carbocycles. The number of halogens is 2. The molecular formula is C22H20ClFN4OS. The molecule has 8 heteroatoms. The van der Waals surface area contributed by atoms with Crippen LogP contribution in [0.5, 0.6) is 0 Å². The van der Waals surface area contributed by atoms with E-state index < -0.39 is 5.50 Å². The number of fused-ring (bicyclic) bond motifs is 1. The highest BCUT2D eigenvalue weighted by atomic mass is 35.5. The zero-order valence-electron chi connectivity index (χ0n) is 15.9. The number of amides is 2. The summed E-state index contributed by atoms with van der Waals surface area (Å²) in [6, 6.07) is 19.2. The summed E-state index contributed by atoms with van der Waals surface area (Å²) in [4.78, 5) is 15.6. The van der Waals surface area contributed by atoms with E-state index in [1.54, 1.807) is 12.1 Å². The van der Waals surface area contributed by atoms with E-state index in [0.29, 0.717) is 11.6 Å². The first kappa shape index (κ1) is 20.5. The van der Waals surface area contributed by atoms with Crippen LogP contribution in [0, 0.1) is 5.82 Å². The van der Waals surface area contributed by atoms with E-state index in [2.05, 4.69) is 10.6 Å². The second kappa shape index (κ2) is 8.95. The minimum Gasteiger partial charge on any atom is -0.334 e. The number of anilines is 2. The highest BCUT2D eigenvalue weighted by Crippen LogP contribution is 2.49. The molecule has 0 bridgehead atoms. The van der Waals surface area contributed by atoms with Crippen molar-refractivity contribution in [3.05, 3.63) is 88.7 Å². The highest BCUT2D eigenvalue weighted by molar-refractivity contribution is 8.00. The van der Waals surface area contributed by atoms with Gasteiger partial charge in [-0.25, -0.2) is 9.18 Å². The first-order valence-corrected chi connectivity index (χ1v) is 10.6. The Morgan fingerprint density at radius 1 is 1.10 bits per heavy atom. The first-order valence-electron chi connectivity index (χ1n) is 9.38. The van der Waals surface area contributed by atoms with Crippen molar-refractivity contribution in [1.82, 2.24) is 10.6 Å². The summed E-state index contributed by atoms with van der Waals surface area (Å²) in [5.41, 5.74) is 8.98. The van der Waals surface area contributed by atoms with Crippen molar-refractivity contribution in [1.29, 1.82) is 0 Å². The Morgan fingerprint density at radius 2 is 1.87 bits per heavy atom. The number of nitrogens with two attached hydrogens (primary N) is 1. The number of benzene rings is 3. The predicted molar refractivity (Wildman–Crippen MR) is 119 cm³/mol. The normalized spacial score (nSPS) is 15.0. The van der Waals surface area contributed by atoms with E-state index in [-0.39, 0.29) is 18.4 Å². The Bertz CT molecular complexity index is 1060. The van der Waals surface area contributed by atoms with Gasteiger partial charge in [-0.2, -0.15) is 0 Å². The molecular weight excluding hydrogens is 423 g/mol. The Labute approximate surface area is 183 Å². The molecule has 3 aromatic carbocycles. The van der Waals surface area contributed by atoms with Gasteiger partial charge in [0.2, 0.25) is 0 Å². The third-order valence-electron chi connectivity index (χ3n) is 4.75. The molecule has 0 radical (unpaired) electrons. The van der Waals surface area contributed by atoms with E-state index in [4.69, 9.17) is 17.3 Å². The smallest absolute Gasteiger partial charge is 0.317 e. The molecule has 1 aliphatic heterocycles. The quantitative estimate of drug-likeness (QED) is 0.522. The van der Waals surface area contributed by atoms with Crippen LogP contribution in [0.1, 0.15) is 11.1 Å². The Morgan fingerprint density at radius 3 is 2.63 bits per heavy atom. The summed E-state index contributed by atoms with van der Waals surface area (Å²) in [5, 5.41) is 6.38. The third kappa shape index (κ3) is 4.23. The van der Waals surface area contributed by atoms with Gasteiger partial charge < -0.3 is 21.3 Å². The second-order valence-electron chi connectivity index (χ2n) is 6.71. The van der Waals surface area contributed by atoms with Crippen LogP contribution in [0.2, 0.25) is 5.02 Å². The van der Waals surface area contributed by atoms with Crippen LogP contribution < -0.4 is 21.3 Å². The van der Waals surface area contributed by atoms with Crippen LogP contribution in [0.15, 0.2) is 71.6 Å². The van der Waals surface area contributed by atoms with Crippen molar-refractivity contribution in [3.63, 3.8) is 0 Å². The largest absolute Gasteiger partial charge is 0.334 e. The summed E-state index contributed by atoms with van der Waals surface area (Å²) in [5.74, 6) is -0.311. The number of carbonyl (C=O) groups excluding carboxylic acids is 1. The number of carbonyl (C=O) groups is 1. The Hall–Kier alpha value is -2.74. The number of thioether (sulfide) groups is 1. The number of urea groups is 1.